The first-order valence-corrected chi connectivity index (χ1v) is 5.01. The molecule has 16 heavy (non-hydrogen) atoms. The molecular formula is C12H11NO3. The number of nitro groups is 1. The van der Waals surface area contributed by atoms with Crippen LogP contribution in [0.4, 0.5) is 0 Å². The van der Waals surface area contributed by atoms with Crippen LogP contribution in [0.1, 0.15) is 18.1 Å². The topological polar surface area (TPSA) is 60.2 Å². The van der Waals surface area contributed by atoms with Gasteiger partial charge in [-0.3, -0.25) is 14.9 Å². The van der Waals surface area contributed by atoms with E-state index in [9.17, 15) is 14.9 Å². The van der Waals surface area contributed by atoms with Crippen molar-refractivity contribution in [3.05, 3.63) is 51.6 Å². The molecule has 0 aliphatic heterocycles. The monoisotopic (exact) mass is 217 g/mol. The average molecular weight is 217 g/mol. The van der Waals surface area contributed by atoms with Crippen molar-refractivity contribution in [3.8, 4) is 0 Å². The molecule has 0 saturated heterocycles. The van der Waals surface area contributed by atoms with Gasteiger partial charge in [0.1, 0.15) is 0 Å². The predicted molar refractivity (Wildman–Crippen MR) is 59.4 cm³/mol. The predicted octanol–water partition coefficient (Wildman–Crippen LogP) is 2.02. The molecule has 1 aliphatic carbocycles. The highest BCUT2D eigenvalue weighted by Crippen LogP contribution is 2.38. The molecule has 0 saturated carbocycles. The highest BCUT2D eigenvalue weighted by molar-refractivity contribution is 5.74. The SMILES string of the molecule is CC1C=Cc2ccccc2C1(C=O)[N+](=O)[O-]. The lowest BCUT2D eigenvalue weighted by molar-refractivity contribution is -0.566. The molecular weight excluding hydrogens is 206 g/mol. The summed E-state index contributed by atoms with van der Waals surface area (Å²) in [5.41, 5.74) is -0.417. The molecule has 4 nitrogen and oxygen atoms in total. The van der Waals surface area contributed by atoms with Crippen molar-refractivity contribution in [2.24, 2.45) is 5.92 Å². The van der Waals surface area contributed by atoms with E-state index in [-0.39, 0.29) is 0 Å². The van der Waals surface area contributed by atoms with Crippen molar-refractivity contribution in [1.82, 2.24) is 0 Å². The van der Waals surface area contributed by atoms with Gasteiger partial charge in [0, 0.05) is 10.5 Å². The second-order valence-electron chi connectivity index (χ2n) is 3.94. The normalized spacial score (nSPS) is 27.2. The molecule has 4 heteroatoms. The third-order valence-electron chi connectivity index (χ3n) is 3.13. The molecule has 0 N–H and O–H groups in total. The number of benzene rings is 1. The van der Waals surface area contributed by atoms with E-state index in [0.717, 1.165) is 5.56 Å². The Morgan fingerprint density at radius 3 is 2.75 bits per heavy atom. The summed E-state index contributed by atoms with van der Waals surface area (Å²) >= 11 is 0. The number of hydrogen-bond donors (Lipinski definition) is 0. The Morgan fingerprint density at radius 1 is 1.44 bits per heavy atom. The number of nitrogens with zero attached hydrogens (tertiary/aromatic N) is 1. The lowest BCUT2D eigenvalue weighted by Gasteiger charge is -2.28. The van der Waals surface area contributed by atoms with Crippen LogP contribution in [-0.4, -0.2) is 11.2 Å². The van der Waals surface area contributed by atoms with Gasteiger partial charge < -0.3 is 0 Å². The Kier molecular flexibility index (Phi) is 2.34. The van der Waals surface area contributed by atoms with Gasteiger partial charge in [-0.2, -0.15) is 0 Å². The minimum atomic E-state index is -1.63. The van der Waals surface area contributed by atoms with Gasteiger partial charge in [-0.15, -0.1) is 0 Å². The fraction of sp³-hybridized carbons (Fsp3) is 0.250. The van der Waals surface area contributed by atoms with E-state index in [1.807, 2.05) is 6.08 Å². The van der Waals surface area contributed by atoms with E-state index >= 15 is 0 Å². The zero-order chi connectivity index (χ0) is 11.8. The van der Waals surface area contributed by atoms with E-state index in [1.54, 1.807) is 37.3 Å². The molecule has 0 amide bonds. The summed E-state index contributed by atoms with van der Waals surface area (Å²) in [4.78, 5) is 21.9. The molecule has 2 rings (SSSR count). The lowest BCUT2D eigenvalue weighted by Crippen LogP contribution is -2.44. The molecule has 1 aromatic carbocycles. The third kappa shape index (κ3) is 1.19. The molecule has 82 valence electrons. The van der Waals surface area contributed by atoms with Crippen molar-refractivity contribution >= 4 is 12.4 Å². The first kappa shape index (κ1) is 10.5. The first-order chi connectivity index (χ1) is 7.63. The van der Waals surface area contributed by atoms with Crippen molar-refractivity contribution < 1.29 is 9.72 Å². The fourth-order valence-electron chi connectivity index (χ4n) is 2.13. The molecule has 0 spiro atoms. The van der Waals surface area contributed by atoms with E-state index in [2.05, 4.69) is 0 Å². The van der Waals surface area contributed by atoms with Gasteiger partial charge in [-0.05, 0) is 5.56 Å². The van der Waals surface area contributed by atoms with Crippen LogP contribution in [0.3, 0.4) is 0 Å². The Morgan fingerprint density at radius 2 is 2.12 bits per heavy atom. The van der Waals surface area contributed by atoms with Crippen LogP contribution >= 0.6 is 0 Å². The summed E-state index contributed by atoms with van der Waals surface area (Å²) in [6.45, 7) is 1.68. The summed E-state index contributed by atoms with van der Waals surface area (Å²) in [6, 6.07) is 6.94. The summed E-state index contributed by atoms with van der Waals surface area (Å²) < 4.78 is 0. The maximum Gasteiger partial charge on any atom is 0.307 e. The van der Waals surface area contributed by atoms with Crippen LogP contribution < -0.4 is 0 Å². The van der Waals surface area contributed by atoms with Crippen LogP contribution in [-0.2, 0) is 10.3 Å². The van der Waals surface area contributed by atoms with Gasteiger partial charge in [-0.1, -0.05) is 43.3 Å². The van der Waals surface area contributed by atoms with Gasteiger partial charge >= 0.3 is 5.54 Å². The highest BCUT2D eigenvalue weighted by Gasteiger charge is 2.51. The van der Waals surface area contributed by atoms with Crippen LogP contribution in [0, 0.1) is 16.0 Å². The quantitative estimate of drug-likeness (QED) is 0.432. The third-order valence-corrected chi connectivity index (χ3v) is 3.13. The molecule has 1 aliphatic rings. The lowest BCUT2D eigenvalue weighted by atomic mass is 9.75. The van der Waals surface area contributed by atoms with Crippen LogP contribution in [0.25, 0.3) is 6.08 Å². The van der Waals surface area contributed by atoms with Gasteiger partial charge in [0.05, 0.1) is 5.92 Å². The molecule has 2 atom stereocenters. The number of aldehydes is 1. The Balaban J connectivity index is 2.73. The van der Waals surface area contributed by atoms with E-state index in [1.165, 1.54) is 0 Å². The van der Waals surface area contributed by atoms with Crippen LogP contribution in [0.15, 0.2) is 30.3 Å². The number of rotatable bonds is 2. The molecule has 2 unspecified atom stereocenters. The zero-order valence-electron chi connectivity index (χ0n) is 8.79. The van der Waals surface area contributed by atoms with Crippen molar-refractivity contribution in [3.63, 3.8) is 0 Å². The highest BCUT2D eigenvalue weighted by atomic mass is 16.6. The summed E-state index contributed by atoms with van der Waals surface area (Å²) in [5, 5.41) is 11.2. The Labute approximate surface area is 92.7 Å². The van der Waals surface area contributed by atoms with Crippen molar-refractivity contribution in [1.29, 1.82) is 0 Å². The zero-order valence-corrected chi connectivity index (χ0v) is 8.79. The number of fused-ring (bicyclic) bond motifs is 1. The van der Waals surface area contributed by atoms with Gasteiger partial charge in [0.2, 0.25) is 6.29 Å². The fourth-order valence-corrected chi connectivity index (χ4v) is 2.13. The summed E-state index contributed by atoms with van der Waals surface area (Å²) in [7, 11) is 0. The van der Waals surface area contributed by atoms with E-state index < -0.39 is 16.4 Å². The standard InChI is InChI=1S/C12H11NO3/c1-9-6-7-10-4-2-3-5-11(10)12(9,8-14)13(15)16/h2-9H,1H3. The maximum atomic E-state index is 11.2. The van der Waals surface area contributed by atoms with Gasteiger partial charge in [0.25, 0.3) is 0 Å². The number of carbonyl (C=O) groups is 1. The molecule has 0 heterocycles. The van der Waals surface area contributed by atoms with Crippen LogP contribution in [0.5, 0.6) is 0 Å². The Bertz CT molecular complexity index is 481. The summed E-state index contributed by atoms with van der Waals surface area (Å²) in [5.74, 6) is -0.435. The van der Waals surface area contributed by atoms with Crippen molar-refractivity contribution in [2.75, 3.05) is 0 Å². The minimum absolute atomic E-state index is 0.435. The van der Waals surface area contributed by atoms with Crippen LogP contribution in [0.2, 0.25) is 0 Å². The van der Waals surface area contributed by atoms with Gasteiger partial charge in [-0.25, -0.2) is 0 Å². The average Bonchev–Trinajstić information content (AvgIpc) is 2.29. The van der Waals surface area contributed by atoms with Crippen molar-refractivity contribution in [2.45, 2.75) is 12.5 Å². The minimum Gasteiger partial charge on any atom is -0.295 e. The molecule has 0 radical (unpaired) electrons. The number of hydrogen-bond acceptors (Lipinski definition) is 3. The van der Waals surface area contributed by atoms with E-state index in [4.69, 9.17) is 0 Å². The Hall–Kier alpha value is -1.97. The maximum absolute atomic E-state index is 11.2. The molecule has 0 fully saturated rings. The molecule has 0 bridgehead atoms. The number of carbonyl (C=O) groups excluding carboxylic acids is 1. The molecule has 0 aromatic heterocycles. The van der Waals surface area contributed by atoms with E-state index in [0.29, 0.717) is 11.8 Å². The van der Waals surface area contributed by atoms with Gasteiger partial charge in [0.15, 0.2) is 0 Å². The smallest absolute Gasteiger partial charge is 0.295 e. The molecule has 1 aromatic rings. The summed E-state index contributed by atoms with van der Waals surface area (Å²) in [6.07, 6.45) is 3.98. The second kappa shape index (κ2) is 3.56. The largest absolute Gasteiger partial charge is 0.307 e. The first-order valence-electron chi connectivity index (χ1n) is 5.01. The second-order valence-corrected chi connectivity index (χ2v) is 3.94.